The van der Waals surface area contributed by atoms with Crippen LogP contribution in [0.1, 0.15) is 13.8 Å². The third-order valence-electron chi connectivity index (χ3n) is 2.35. The molecule has 18 heavy (non-hydrogen) atoms. The van der Waals surface area contributed by atoms with E-state index in [4.69, 9.17) is 4.74 Å². The molecule has 0 radical (unpaired) electrons. The molecule has 0 saturated carbocycles. The molecular weight excluding hydrogens is 234 g/mol. The van der Waals surface area contributed by atoms with Gasteiger partial charge in [0.2, 0.25) is 0 Å². The summed E-state index contributed by atoms with van der Waals surface area (Å²) in [6.45, 7) is 3.16. The highest BCUT2D eigenvalue weighted by molar-refractivity contribution is 5.83. The largest absolute Gasteiger partial charge is 0.548 e. The van der Waals surface area contributed by atoms with Gasteiger partial charge in [-0.3, -0.25) is 4.79 Å². The predicted octanol–water partition coefficient (Wildman–Crippen LogP) is -0.0439. The van der Waals surface area contributed by atoms with E-state index in [0.29, 0.717) is 5.75 Å². The van der Waals surface area contributed by atoms with Gasteiger partial charge in [-0.05, 0) is 18.1 Å². The van der Waals surface area contributed by atoms with Gasteiger partial charge in [0.05, 0.1) is 12.0 Å². The average Bonchev–Trinajstić information content (AvgIpc) is 2.34. The summed E-state index contributed by atoms with van der Waals surface area (Å²) in [4.78, 5) is 22.3. The van der Waals surface area contributed by atoms with Gasteiger partial charge in [-0.1, -0.05) is 32.0 Å². The molecule has 0 fully saturated rings. The van der Waals surface area contributed by atoms with Crippen LogP contribution in [0.15, 0.2) is 30.3 Å². The van der Waals surface area contributed by atoms with Crippen molar-refractivity contribution in [2.24, 2.45) is 5.92 Å². The highest BCUT2D eigenvalue weighted by Gasteiger charge is 2.17. The predicted molar refractivity (Wildman–Crippen MR) is 63.7 cm³/mol. The Morgan fingerprint density at radius 3 is 2.39 bits per heavy atom. The van der Waals surface area contributed by atoms with Crippen LogP contribution in [-0.4, -0.2) is 24.5 Å². The number of aliphatic carboxylic acids is 1. The van der Waals surface area contributed by atoms with Crippen LogP contribution in [0.2, 0.25) is 0 Å². The lowest BCUT2D eigenvalue weighted by molar-refractivity contribution is -0.309. The number of ether oxygens (including phenoxy) is 1. The van der Waals surface area contributed by atoms with Crippen molar-refractivity contribution >= 4 is 11.9 Å². The first kappa shape index (κ1) is 14.0. The molecule has 5 heteroatoms. The summed E-state index contributed by atoms with van der Waals surface area (Å²) >= 11 is 0. The van der Waals surface area contributed by atoms with Crippen molar-refractivity contribution in [3.05, 3.63) is 30.3 Å². The number of hydrogen-bond acceptors (Lipinski definition) is 4. The maximum Gasteiger partial charge on any atom is 0.258 e. The molecule has 1 N–H and O–H groups in total. The van der Waals surface area contributed by atoms with Crippen LogP contribution in [0.5, 0.6) is 5.75 Å². The molecule has 0 unspecified atom stereocenters. The number of carbonyl (C=O) groups is 2. The zero-order valence-corrected chi connectivity index (χ0v) is 10.4. The lowest BCUT2D eigenvalue weighted by atomic mass is 10.1. The SMILES string of the molecule is CC(C)[C@@H](NC(=O)COc1ccccc1)C(=O)[O-]. The number of carbonyl (C=O) groups excluding carboxylic acids is 2. The van der Waals surface area contributed by atoms with Gasteiger partial charge >= 0.3 is 0 Å². The number of amides is 1. The summed E-state index contributed by atoms with van der Waals surface area (Å²) in [5.74, 6) is -1.46. The second kappa shape index (κ2) is 6.64. The minimum atomic E-state index is -1.29. The van der Waals surface area contributed by atoms with E-state index in [0.717, 1.165) is 0 Å². The van der Waals surface area contributed by atoms with E-state index in [9.17, 15) is 14.7 Å². The second-order valence-electron chi connectivity index (χ2n) is 4.21. The Kier molecular flexibility index (Phi) is 5.17. The summed E-state index contributed by atoms with van der Waals surface area (Å²) in [5, 5.41) is 13.1. The molecule has 0 heterocycles. The molecule has 1 rings (SSSR count). The van der Waals surface area contributed by atoms with Gasteiger partial charge in [0.15, 0.2) is 6.61 Å². The summed E-state index contributed by atoms with van der Waals surface area (Å²) in [7, 11) is 0. The zero-order valence-electron chi connectivity index (χ0n) is 10.4. The zero-order chi connectivity index (χ0) is 13.5. The minimum absolute atomic E-state index is 0.222. The van der Waals surface area contributed by atoms with Gasteiger partial charge in [0, 0.05) is 0 Å². The highest BCUT2D eigenvalue weighted by Crippen LogP contribution is 2.08. The van der Waals surface area contributed by atoms with Crippen molar-refractivity contribution in [1.29, 1.82) is 0 Å². The summed E-state index contributed by atoms with van der Waals surface area (Å²) in [6, 6.07) is 7.82. The monoisotopic (exact) mass is 250 g/mol. The van der Waals surface area contributed by atoms with Gasteiger partial charge in [-0.15, -0.1) is 0 Å². The lowest BCUT2D eigenvalue weighted by Crippen LogP contribution is -2.51. The molecule has 0 spiro atoms. The van der Waals surface area contributed by atoms with E-state index in [-0.39, 0.29) is 12.5 Å². The number of para-hydroxylation sites is 1. The Morgan fingerprint density at radius 2 is 1.89 bits per heavy atom. The number of hydrogen-bond donors (Lipinski definition) is 1. The van der Waals surface area contributed by atoms with E-state index < -0.39 is 17.9 Å². The Morgan fingerprint density at radius 1 is 1.28 bits per heavy atom. The fraction of sp³-hybridized carbons (Fsp3) is 0.385. The number of carboxylic acid groups (broad SMARTS) is 1. The van der Waals surface area contributed by atoms with Crippen LogP contribution < -0.4 is 15.2 Å². The van der Waals surface area contributed by atoms with Gasteiger partial charge in [-0.2, -0.15) is 0 Å². The number of carboxylic acids is 1. The Labute approximate surface area is 106 Å². The van der Waals surface area contributed by atoms with Crippen LogP contribution >= 0.6 is 0 Å². The summed E-state index contributed by atoms with van der Waals surface area (Å²) in [6.07, 6.45) is 0. The Balaban J connectivity index is 2.44. The molecule has 5 nitrogen and oxygen atoms in total. The Hall–Kier alpha value is -2.04. The molecule has 1 atom stereocenters. The van der Waals surface area contributed by atoms with E-state index >= 15 is 0 Å². The smallest absolute Gasteiger partial charge is 0.258 e. The van der Waals surface area contributed by atoms with Crippen molar-refractivity contribution in [2.75, 3.05) is 6.61 Å². The van der Waals surface area contributed by atoms with Crippen molar-refractivity contribution in [3.63, 3.8) is 0 Å². The topological polar surface area (TPSA) is 78.5 Å². The molecule has 1 amide bonds. The molecule has 0 aliphatic rings. The fourth-order valence-corrected chi connectivity index (χ4v) is 1.38. The molecule has 0 aliphatic heterocycles. The number of benzene rings is 1. The maximum atomic E-state index is 11.5. The van der Waals surface area contributed by atoms with Gasteiger partial charge in [-0.25, -0.2) is 0 Å². The minimum Gasteiger partial charge on any atom is -0.548 e. The molecule has 0 aromatic heterocycles. The Bertz CT molecular complexity index is 403. The molecule has 0 bridgehead atoms. The van der Waals surface area contributed by atoms with Crippen molar-refractivity contribution in [1.82, 2.24) is 5.32 Å². The normalized spacial score (nSPS) is 11.9. The first-order valence-electron chi connectivity index (χ1n) is 5.68. The van der Waals surface area contributed by atoms with Crippen molar-refractivity contribution in [3.8, 4) is 5.75 Å². The van der Waals surface area contributed by atoms with Crippen LogP contribution in [0, 0.1) is 5.92 Å². The van der Waals surface area contributed by atoms with E-state index in [1.54, 1.807) is 38.1 Å². The summed E-state index contributed by atoms with van der Waals surface area (Å²) in [5.41, 5.74) is 0. The molecule has 98 valence electrons. The molecule has 1 aromatic rings. The standard InChI is InChI=1S/C13H17NO4/c1-9(2)12(13(16)17)14-11(15)8-18-10-6-4-3-5-7-10/h3-7,9,12H,8H2,1-2H3,(H,14,15)(H,16,17)/p-1/t12-/m1/s1. The van der Waals surface area contributed by atoms with Crippen molar-refractivity contribution in [2.45, 2.75) is 19.9 Å². The van der Waals surface area contributed by atoms with Crippen LogP contribution in [0.3, 0.4) is 0 Å². The van der Waals surface area contributed by atoms with E-state index in [2.05, 4.69) is 5.32 Å². The molecular formula is C13H16NO4-. The maximum absolute atomic E-state index is 11.5. The van der Waals surface area contributed by atoms with E-state index in [1.807, 2.05) is 6.07 Å². The number of rotatable bonds is 6. The second-order valence-corrected chi connectivity index (χ2v) is 4.21. The summed E-state index contributed by atoms with van der Waals surface area (Å²) < 4.78 is 5.20. The number of nitrogens with one attached hydrogen (secondary N) is 1. The highest BCUT2D eigenvalue weighted by atomic mass is 16.5. The first-order chi connectivity index (χ1) is 8.50. The lowest BCUT2D eigenvalue weighted by Gasteiger charge is -2.23. The quantitative estimate of drug-likeness (QED) is 0.768. The third kappa shape index (κ3) is 4.45. The fourth-order valence-electron chi connectivity index (χ4n) is 1.38. The average molecular weight is 250 g/mol. The first-order valence-corrected chi connectivity index (χ1v) is 5.68. The van der Waals surface area contributed by atoms with E-state index in [1.165, 1.54) is 0 Å². The molecule has 0 aliphatic carbocycles. The van der Waals surface area contributed by atoms with Crippen molar-refractivity contribution < 1.29 is 19.4 Å². The van der Waals surface area contributed by atoms with Crippen LogP contribution in [0.4, 0.5) is 0 Å². The molecule has 0 saturated heterocycles. The van der Waals surface area contributed by atoms with Gasteiger partial charge in [0.25, 0.3) is 5.91 Å². The van der Waals surface area contributed by atoms with Crippen LogP contribution in [-0.2, 0) is 9.59 Å². The van der Waals surface area contributed by atoms with Gasteiger partial charge < -0.3 is 20.0 Å². The third-order valence-corrected chi connectivity index (χ3v) is 2.35. The molecule has 1 aromatic carbocycles. The van der Waals surface area contributed by atoms with Gasteiger partial charge in [0.1, 0.15) is 5.75 Å². The van der Waals surface area contributed by atoms with Crippen LogP contribution in [0.25, 0.3) is 0 Å².